The minimum absolute atomic E-state index is 0.0239. The molecule has 0 aromatic carbocycles. The second-order valence-electron chi connectivity index (χ2n) is 3.50. The molecular weight excluding hydrogens is 251 g/mol. The molecule has 0 aromatic rings. The van der Waals surface area contributed by atoms with E-state index >= 15 is 0 Å². The van der Waals surface area contributed by atoms with Crippen LogP contribution >= 0.6 is 8.18 Å². The Balaban J connectivity index is 2.06. The summed E-state index contributed by atoms with van der Waals surface area (Å²) in [5, 5.41) is 0.359. The van der Waals surface area contributed by atoms with E-state index in [1.54, 1.807) is 0 Å². The fraction of sp³-hybridized carbons (Fsp3) is 0.500. The average Bonchev–Trinajstić information content (AvgIpc) is 2.75. The fourth-order valence-corrected chi connectivity index (χ4v) is 2.46. The predicted molar refractivity (Wildman–Crippen MR) is 50.9 cm³/mol. The summed E-state index contributed by atoms with van der Waals surface area (Å²) in [7, 11) is -2.86. The van der Waals surface area contributed by atoms with Crippen LogP contribution in [0.25, 0.3) is 0 Å². The van der Waals surface area contributed by atoms with Crippen LogP contribution in [0.2, 0.25) is 0 Å². The van der Waals surface area contributed by atoms with Gasteiger partial charge < -0.3 is 0 Å². The molecule has 0 radical (unpaired) electrons. The molecule has 0 aliphatic carbocycles. The Morgan fingerprint density at radius 3 is 1.71 bits per heavy atom. The number of hydroxylamine groups is 2. The first-order valence-electron chi connectivity index (χ1n) is 4.87. The molecule has 0 aromatic heterocycles. The van der Waals surface area contributed by atoms with Gasteiger partial charge in [-0.1, -0.05) is 0 Å². The molecular formula is C8H8N2O6P+. The van der Waals surface area contributed by atoms with Crippen molar-refractivity contribution >= 4 is 31.8 Å². The van der Waals surface area contributed by atoms with Gasteiger partial charge in [0.25, 0.3) is 23.6 Å². The number of nitrogens with zero attached hydrogens (tertiary/aromatic N) is 2. The van der Waals surface area contributed by atoms with E-state index in [0.717, 1.165) is 0 Å². The van der Waals surface area contributed by atoms with Gasteiger partial charge in [0.05, 0.1) is 0 Å². The maximum Gasteiger partial charge on any atom is 0.681 e. The van der Waals surface area contributed by atoms with Gasteiger partial charge in [0.1, 0.15) is 0 Å². The highest BCUT2D eigenvalue weighted by atomic mass is 31.1. The monoisotopic (exact) mass is 259 g/mol. The van der Waals surface area contributed by atoms with E-state index in [0.29, 0.717) is 9.73 Å². The minimum Gasteiger partial charge on any atom is -0.272 e. The lowest BCUT2D eigenvalue weighted by atomic mass is 10.4. The van der Waals surface area contributed by atoms with E-state index in [9.17, 15) is 23.7 Å². The van der Waals surface area contributed by atoms with E-state index in [1.807, 2.05) is 0 Å². The standard InChI is InChI=1S/C8H8N2O6P/c11-5-1-2-6(12)9(5)16-17(15)10-7(13)3-4-8(10)14/h1-4H2/q+1. The molecule has 2 saturated heterocycles. The lowest BCUT2D eigenvalue weighted by Crippen LogP contribution is -2.30. The van der Waals surface area contributed by atoms with Crippen LogP contribution in [0.1, 0.15) is 25.7 Å². The van der Waals surface area contributed by atoms with Crippen LogP contribution in [0.5, 0.6) is 0 Å². The Labute approximate surface area is 96.4 Å². The van der Waals surface area contributed by atoms with Crippen LogP contribution in [-0.4, -0.2) is 33.4 Å². The van der Waals surface area contributed by atoms with E-state index in [2.05, 4.69) is 4.62 Å². The van der Waals surface area contributed by atoms with Gasteiger partial charge in [0, 0.05) is 34.9 Å². The van der Waals surface area contributed by atoms with Crippen molar-refractivity contribution in [2.45, 2.75) is 25.7 Å². The quantitative estimate of drug-likeness (QED) is 0.517. The summed E-state index contributed by atoms with van der Waals surface area (Å²) in [5.41, 5.74) is 0. The molecule has 9 heteroatoms. The van der Waals surface area contributed by atoms with Crippen molar-refractivity contribution in [3.63, 3.8) is 0 Å². The number of carbonyl (C=O) groups is 4. The van der Waals surface area contributed by atoms with Crippen molar-refractivity contribution in [3.05, 3.63) is 0 Å². The summed E-state index contributed by atoms with van der Waals surface area (Å²) >= 11 is 0. The Morgan fingerprint density at radius 1 is 0.824 bits per heavy atom. The summed E-state index contributed by atoms with van der Waals surface area (Å²) in [6.45, 7) is 0. The molecule has 90 valence electrons. The molecule has 2 heterocycles. The first-order valence-corrected chi connectivity index (χ1v) is 6.00. The fourth-order valence-electron chi connectivity index (χ4n) is 1.50. The van der Waals surface area contributed by atoms with Crippen LogP contribution < -0.4 is 0 Å². The zero-order chi connectivity index (χ0) is 12.6. The van der Waals surface area contributed by atoms with Crippen molar-refractivity contribution in [1.82, 2.24) is 9.73 Å². The third kappa shape index (κ3) is 2.09. The lowest BCUT2D eigenvalue weighted by Gasteiger charge is -2.05. The van der Waals surface area contributed by atoms with Gasteiger partial charge >= 0.3 is 8.18 Å². The topological polar surface area (TPSA) is 101 Å². The Bertz CT molecular complexity index is 415. The zero-order valence-electron chi connectivity index (χ0n) is 8.62. The normalized spacial score (nSPS) is 21.8. The number of imide groups is 2. The summed E-state index contributed by atoms with van der Waals surface area (Å²) in [4.78, 5) is 44.8. The maximum absolute atomic E-state index is 11.6. The molecule has 2 aliphatic rings. The van der Waals surface area contributed by atoms with Gasteiger partial charge in [-0.3, -0.25) is 19.2 Å². The predicted octanol–water partition coefficient (Wildman–Crippen LogP) is -0.127. The van der Waals surface area contributed by atoms with Crippen LogP contribution in [0, 0.1) is 0 Å². The van der Waals surface area contributed by atoms with Crippen molar-refractivity contribution in [2.24, 2.45) is 0 Å². The van der Waals surface area contributed by atoms with Gasteiger partial charge in [-0.05, 0) is 4.67 Å². The summed E-state index contributed by atoms with van der Waals surface area (Å²) in [6, 6.07) is 0. The van der Waals surface area contributed by atoms with E-state index in [4.69, 9.17) is 0 Å². The molecule has 4 amide bonds. The number of hydrogen-bond acceptors (Lipinski definition) is 6. The Morgan fingerprint density at radius 2 is 1.24 bits per heavy atom. The highest BCUT2D eigenvalue weighted by Crippen LogP contribution is 2.36. The van der Waals surface area contributed by atoms with Gasteiger partial charge in [-0.25, -0.2) is 0 Å². The van der Waals surface area contributed by atoms with Crippen molar-refractivity contribution in [1.29, 1.82) is 0 Å². The van der Waals surface area contributed by atoms with Gasteiger partial charge in [-0.2, -0.15) is 0 Å². The van der Waals surface area contributed by atoms with E-state index in [1.165, 1.54) is 0 Å². The average molecular weight is 259 g/mol. The van der Waals surface area contributed by atoms with E-state index < -0.39 is 31.8 Å². The number of amides is 4. The third-order valence-electron chi connectivity index (χ3n) is 2.35. The number of rotatable bonds is 3. The van der Waals surface area contributed by atoms with Crippen LogP contribution in [0.4, 0.5) is 0 Å². The molecule has 0 bridgehead atoms. The molecule has 2 rings (SSSR count). The zero-order valence-corrected chi connectivity index (χ0v) is 9.51. The molecule has 1 unspecified atom stereocenters. The highest BCUT2D eigenvalue weighted by Gasteiger charge is 2.50. The molecule has 8 nitrogen and oxygen atoms in total. The van der Waals surface area contributed by atoms with Gasteiger partial charge in [-0.15, -0.1) is 5.06 Å². The van der Waals surface area contributed by atoms with Crippen molar-refractivity contribution < 1.29 is 28.4 Å². The number of carbonyl (C=O) groups excluding carboxylic acids is 4. The van der Waals surface area contributed by atoms with Gasteiger partial charge in [0.15, 0.2) is 0 Å². The molecule has 1 atom stereocenters. The maximum atomic E-state index is 11.6. The third-order valence-corrected chi connectivity index (χ3v) is 3.42. The minimum atomic E-state index is -2.86. The first kappa shape index (κ1) is 11.8. The molecule has 0 N–H and O–H groups in total. The summed E-state index contributed by atoms with van der Waals surface area (Å²) in [5.74, 6) is -2.51. The highest BCUT2D eigenvalue weighted by molar-refractivity contribution is 7.38. The lowest BCUT2D eigenvalue weighted by molar-refractivity contribution is -0.165. The molecule has 2 aliphatic heterocycles. The van der Waals surface area contributed by atoms with Crippen LogP contribution in [0.3, 0.4) is 0 Å². The van der Waals surface area contributed by atoms with Crippen LogP contribution in [-0.2, 0) is 28.4 Å². The Kier molecular flexibility index (Phi) is 2.99. The summed E-state index contributed by atoms with van der Waals surface area (Å²) < 4.78 is 16.6. The SMILES string of the molecule is O=C1CCC(=O)N1O[P+](=O)N1C(=O)CCC1=O. The molecule has 2 fully saturated rings. The molecule has 17 heavy (non-hydrogen) atoms. The second-order valence-corrected chi connectivity index (χ2v) is 4.54. The molecule has 0 saturated carbocycles. The van der Waals surface area contributed by atoms with E-state index in [-0.39, 0.29) is 25.7 Å². The second kappa shape index (κ2) is 4.31. The van der Waals surface area contributed by atoms with Crippen molar-refractivity contribution in [3.8, 4) is 0 Å². The summed E-state index contributed by atoms with van der Waals surface area (Å²) in [6.07, 6.45) is -0.121. The largest absolute Gasteiger partial charge is 0.681 e. The molecule has 0 spiro atoms. The Hall–Kier alpha value is -1.66. The van der Waals surface area contributed by atoms with Crippen molar-refractivity contribution in [2.75, 3.05) is 0 Å². The van der Waals surface area contributed by atoms with Crippen LogP contribution in [0.15, 0.2) is 0 Å². The van der Waals surface area contributed by atoms with Gasteiger partial charge in [0.2, 0.25) is 0 Å². The first-order chi connectivity index (χ1) is 8.00. The smallest absolute Gasteiger partial charge is 0.272 e. The number of hydrogen-bond donors (Lipinski definition) is 0.